The Balaban J connectivity index is 4.51. The molecule has 2 N–H and O–H groups in total. The number of ether oxygens (including phenoxy) is 1. The van der Waals surface area contributed by atoms with E-state index >= 15 is 0 Å². The first kappa shape index (κ1) is 18.4. The molecular formula is C14H26N2O4. The second kappa shape index (κ2) is 8.58. The minimum atomic E-state index is -0.733. The average Bonchev–Trinajstić information content (AvgIpc) is 2.25. The number of aliphatic hydroxyl groups excluding tert-OH is 1. The van der Waals surface area contributed by atoms with Crippen LogP contribution in [0.4, 0.5) is 4.79 Å². The van der Waals surface area contributed by atoms with Crippen LogP contribution in [0.2, 0.25) is 0 Å². The lowest BCUT2D eigenvalue weighted by Gasteiger charge is -2.27. The number of nitrogens with one attached hydrogen (secondary N) is 1. The van der Waals surface area contributed by atoms with Crippen molar-refractivity contribution in [3.05, 3.63) is 12.7 Å². The van der Waals surface area contributed by atoms with Crippen LogP contribution in [-0.4, -0.2) is 53.3 Å². The van der Waals surface area contributed by atoms with Gasteiger partial charge >= 0.3 is 6.09 Å². The van der Waals surface area contributed by atoms with Crippen LogP contribution in [0.3, 0.4) is 0 Å². The molecule has 0 unspecified atom stereocenters. The highest BCUT2D eigenvalue weighted by Crippen LogP contribution is 2.10. The summed E-state index contributed by atoms with van der Waals surface area (Å²) in [6.45, 7) is 10.7. The molecule has 116 valence electrons. The number of rotatable bonds is 7. The van der Waals surface area contributed by atoms with Crippen molar-refractivity contribution in [3.63, 3.8) is 0 Å². The maximum atomic E-state index is 12.0. The van der Waals surface area contributed by atoms with Gasteiger partial charge in [-0.15, -0.1) is 6.58 Å². The number of amides is 2. The molecule has 0 spiro atoms. The predicted molar refractivity (Wildman–Crippen MR) is 77.3 cm³/mol. The molecule has 0 aliphatic carbocycles. The Morgan fingerprint density at radius 1 is 1.45 bits per heavy atom. The molecule has 20 heavy (non-hydrogen) atoms. The van der Waals surface area contributed by atoms with Crippen molar-refractivity contribution in [2.24, 2.45) is 0 Å². The second-order valence-corrected chi connectivity index (χ2v) is 5.64. The Hall–Kier alpha value is -1.56. The molecule has 0 saturated heterocycles. The van der Waals surface area contributed by atoms with E-state index in [1.54, 1.807) is 33.8 Å². The van der Waals surface area contributed by atoms with Crippen molar-refractivity contribution in [2.45, 2.75) is 45.8 Å². The maximum absolute atomic E-state index is 12.0. The highest BCUT2D eigenvalue weighted by Gasteiger charge is 2.24. The van der Waals surface area contributed by atoms with Crippen molar-refractivity contribution in [2.75, 3.05) is 19.6 Å². The topological polar surface area (TPSA) is 78.9 Å². The zero-order chi connectivity index (χ0) is 15.8. The zero-order valence-electron chi connectivity index (χ0n) is 12.8. The molecule has 0 bridgehead atoms. The lowest BCUT2D eigenvalue weighted by Crippen LogP contribution is -2.45. The molecule has 6 heteroatoms. The summed E-state index contributed by atoms with van der Waals surface area (Å²) in [5.74, 6) is -0.293. The summed E-state index contributed by atoms with van der Waals surface area (Å²) in [7, 11) is 0. The molecule has 0 radical (unpaired) electrons. The van der Waals surface area contributed by atoms with E-state index in [9.17, 15) is 14.7 Å². The number of carbonyl (C=O) groups excluding carboxylic acids is 2. The Kier molecular flexibility index (Phi) is 7.91. The van der Waals surface area contributed by atoms with Gasteiger partial charge in [-0.3, -0.25) is 9.69 Å². The quantitative estimate of drug-likeness (QED) is 0.546. The average molecular weight is 286 g/mol. The molecule has 2 amide bonds. The first-order valence-electron chi connectivity index (χ1n) is 6.69. The molecule has 0 aromatic carbocycles. The summed E-state index contributed by atoms with van der Waals surface area (Å²) < 4.78 is 5.21. The zero-order valence-corrected chi connectivity index (χ0v) is 12.8. The van der Waals surface area contributed by atoms with Crippen LogP contribution in [0.25, 0.3) is 0 Å². The van der Waals surface area contributed by atoms with Gasteiger partial charge in [0.25, 0.3) is 0 Å². The van der Waals surface area contributed by atoms with E-state index in [2.05, 4.69) is 11.9 Å². The van der Waals surface area contributed by atoms with Crippen molar-refractivity contribution < 1.29 is 19.4 Å². The van der Waals surface area contributed by atoms with Gasteiger partial charge in [-0.25, -0.2) is 4.79 Å². The van der Waals surface area contributed by atoms with E-state index in [1.165, 1.54) is 4.90 Å². The van der Waals surface area contributed by atoms with E-state index in [1.807, 2.05) is 0 Å². The second-order valence-electron chi connectivity index (χ2n) is 5.64. The van der Waals surface area contributed by atoms with E-state index in [0.29, 0.717) is 13.0 Å². The summed E-state index contributed by atoms with van der Waals surface area (Å²) in [6, 6.07) is 0. The Morgan fingerprint density at radius 3 is 2.50 bits per heavy atom. The van der Waals surface area contributed by atoms with E-state index in [-0.39, 0.29) is 19.0 Å². The minimum absolute atomic E-state index is 0.0454. The van der Waals surface area contributed by atoms with Gasteiger partial charge in [-0.1, -0.05) is 6.08 Å². The predicted octanol–water partition coefficient (Wildman–Crippen LogP) is 1.30. The molecule has 0 aromatic heterocycles. The molecule has 0 aromatic rings. The number of aliphatic hydroxyl groups is 1. The molecule has 0 aliphatic heterocycles. The van der Waals surface area contributed by atoms with E-state index in [4.69, 9.17) is 4.74 Å². The summed E-state index contributed by atoms with van der Waals surface area (Å²) in [4.78, 5) is 24.9. The summed E-state index contributed by atoms with van der Waals surface area (Å²) in [5, 5.41) is 12.1. The van der Waals surface area contributed by atoms with Gasteiger partial charge in [0.05, 0.1) is 12.6 Å². The van der Waals surface area contributed by atoms with Crippen LogP contribution in [0.1, 0.15) is 34.1 Å². The van der Waals surface area contributed by atoms with Gasteiger partial charge in [0.1, 0.15) is 12.1 Å². The van der Waals surface area contributed by atoms with Crippen LogP contribution in [0.15, 0.2) is 12.7 Å². The van der Waals surface area contributed by atoms with Gasteiger partial charge < -0.3 is 15.2 Å². The molecule has 0 aliphatic rings. The summed E-state index contributed by atoms with van der Waals surface area (Å²) in [5.41, 5.74) is -0.645. The van der Waals surface area contributed by atoms with Crippen molar-refractivity contribution >= 4 is 12.0 Å². The van der Waals surface area contributed by atoms with Crippen LogP contribution >= 0.6 is 0 Å². The maximum Gasteiger partial charge on any atom is 0.410 e. The number of nitrogens with zero attached hydrogens (tertiary/aromatic N) is 1. The third-order valence-corrected chi connectivity index (χ3v) is 2.14. The Labute approximate surface area is 120 Å². The van der Waals surface area contributed by atoms with Gasteiger partial charge in [-0.2, -0.15) is 0 Å². The van der Waals surface area contributed by atoms with Gasteiger partial charge in [0.2, 0.25) is 5.91 Å². The van der Waals surface area contributed by atoms with E-state index < -0.39 is 17.8 Å². The van der Waals surface area contributed by atoms with Gasteiger partial charge in [0.15, 0.2) is 0 Å². The van der Waals surface area contributed by atoms with Crippen LogP contribution in [0, 0.1) is 0 Å². The van der Waals surface area contributed by atoms with Crippen LogP contribution < -0.4 is 5.32 Å². The van der Waals surface area contributed by atoms with Crippen LogP contribution in [0.5, 0.6) is 0 Å². The molecule has 0 rings (SSSR count). The van der Waals surface area contributed by atoms with Gasteiger partial charge in [0, 0.05) is 6.54 Å². The SMILES string of the molecule is C=CCCNC(=O)CN(C[C@H](C)O)C(=O)OC(C)(C)C. The largest absolute Gasteiger partial charge is 0.444 e. The fourth-order valence-electron chi connectivity index (χ4n) is 1.39. The molecular weight excluding hydrogens is 260 g/mol. The first-order chi connectivity index (χ1) is 9.15. The monoisotopic (exact) mass is 286 g/mol. The number of carbonyl (C=O) groups is 2. The minimum Gasteiger partial charge on any atom is -0.444 e. The standard InChI is InChI=1S/C14H26N2O4/c1-6-7-8-15-12(18)10-16(9-11(2)17)13(19)20-14(3,4)5/h6,11,17H,1,7-10H2,2-5H3,(H,15,18)/t11-/m0/s1. The van der Waals surface area contributed by atoms with Crippen LogP contribution in [-0.2, 0) is 9.53 Å². The summed E-state index contributed by atoms with van der Waals surface area (Å²) in [6.07, 6.45) is 1.01. The molecule has 0 saturated carbocycles. The fraction of sp³-hybridized carbons (Fsp3) is 0.714. The highest BCUT2D eigenvalue weighted by molar-refractivity contribution is 5.82. The van der Waals surface area contributed by atoms with Crippen molar-refractivity contribution in [1.82, 2.24) is 10.2 Å². The molecule has 1 atom stereocenters. The molecule has 6 nitrogen and oxygen atoms in total. The third-order valence-electron chi connectivity index (χ3n) is 2.14. The smallest absolute Gasteiger partial charge is 0.410 e. The Bertz CT molecular complexity index is 335. The fourth-order valence-corrected chi connectivity index (χ4v) is 1.39. The molecule has 0 heterocycles. The first-order valence-corrected chi connectivity index (χ1v) is 6.69. The summed E-state index contributed by atoms with van der Waals surface area (Å²) >= 11 is 0. The lowest BCUT2D eigenvalue weighted by atomic mass is 10.2. The number of hydrogen-bond acceptors (Lipinski definition) is 4. The number of hydrogen-bond donors (Lipinski definition) is 2. The molecule has 0 fully saturated rings. The van der Waals surface area contributed by atoms with Gasteiger partial charge in [-0.05, 0) is 34.1 Å². The lowest BCUT2D eigenvalue weighted by molar-refractivity contribution is -0.122. The highest BCUT2D eigenvalue weighted by atomic mass is 16.6. The van der Waals surface area contributed by atoms with E-state index in [0.717, 1.165) is 0 Å². The normalized spacial score (nSPS) is 12.4. The van der Waals surface area contributed by atoms with Crippen molar-refractivity contribution in [1.29, 1.82) is 0 Å². The Morgan fingerprint density at radius 2 is 2.05 bits per heavy atom. The third kappa shape index (κ3) is 9.38. The van der Waals surface area contributed by atoms with Crippen molar-refractivity contribution in [3.8, 4) is 0 Å².